The highest BCUT2D eigenvalue weighted by molar-refractivity contribution is 4.39. The van der Waals surface area contributed by atoms with Gasteiger partial charge in [-0.2, -0.15) is 20.5 Å². The van der Waals surface area contributed by atoms with E-state index in [1.807, 2.05) is 0 Å². The second-order valence-electron chi connectivity index (χ2n) is 1.13. The molecule has 0 amide bonds. The van der Waals surface area contributed by atoms with Crippen molar-refractivity contribution in [3.63, 3.8) is 0 Å². The van der Waals surface area contributed by atoms with Crippen LogP contribution in [0.5, 0.6) is 0 Å². The van der Waals surface area contributed by atoms with Crippen molar-refractivity contribution in [3.05, 3.63) is 0 Å². The van der Waals surface area contributed by atoms with Gasteiger partial charge in [-0.15, -0.1) is 0 Å². The molecule has 0 spiro atoms. The van der Waals surface area contributed by atoms with Crippen LogP contribution in [0.2, 0.25) is 0 Å². The molecule has 8 heavy (non-hydrogen) atoms. The normalized spacial score (nSPS) is 11.8. The van der Waals surface area contributed by atoms with Gasteiger partial charge in [-0.3, -0.25) is 0 Å². The van der Waals surface area contributed by atoms with E-state index in [9.17, 15) is 0 Å². The Labute approximate surface area is 48.7 Å². The highest BCUT2D eigenvalue weighted by Gasteiger charge is 1.73. The average Bonchev–Trinajstić information content (AvgIpc) is 1.81. The summed E-state index contributed by atoms with van der Waals surface area (Å²) in [6.45, 7) is 1.29. The van der Waals surface area contributed by atoms with Crippen molar-refractivity contribution < 1.29 is 0 Å². The molecule has 0 aliphatic heterocycles. The molecule has 0 unspecified atom stereocenters. The third kappa shape index (κ3) is 5.20. The number of hydrogen-bond acceptors (Lipinski definition) is 4. The van der Waals surface area contributed by atoms with Gasteiger partial charge < -0.3 is 0 Å². The van der Waals surface area contributed by atoms with Crippen LogP contribution in [0.25, 0.3) is 0 Å². The summed E-state index contributed by atoms with van der Waals surface area (Å²) in [6, 6.07) is 0. The summed E-state index contributed by atoms with van der Waals surface area (Å²) < 4.78 is 0. The number of hydrogen-bond donors (Lipinski definition) is 0. The number of azo groups is 2. The molecular weight excluding hydrogens is 104 g/mol. The summed E-state index contributed by atoms with van der Waals surface area (Å²) in [5.74, 6) is 0. The van der Waals surface area contributed by atoms with Crippen LogP contribution in [0.4, 0.5) is 0 Å². The van der Waals surface area contributed by atoms with Crippen molar-refractivity contribution in [3.8, 4) is 0 Å². The van der Waals surface area contributed by atoms with Gasteiger partial charge in [0, 0.05) is 14.1 Å². The van der Waals surface area contributed by atoms with E-state index >= 15 is 0 Å². The summed E-state index contributed by atoms with van der Waals surface area (Å²) in [7, 11) is 3.28. The summed E-state index contributed by atoms with van der Waals surface area (Å²) in [5.41, 5.74) is 0. The predicted molar refractivity (Wildman–Crippen MR) is 31.3 cm³/mol. The van der Waals surface area contributed by atoms with E-state index in [-0.39, 0.29) is 0 Å². The van der Waals surface area contributed by atoms with E-state index in [2.05, 4.69) is 20.5 Å². The van der Waals surface area contributed by atoms with Gasteiger partial charge in [-0.25, -0.2) is 0 Å². The minimum Gasteiger partial charge on any atom is -0.198 e. The van der Waals surface area contributed by atoms with E-state index in [1.54, 1.807) is 14.1 Å². The van der Waals surface area contributed by atoms with E-state index in [1.165, 1.54) is 0 Å². The lowest BCUT2D eigenvalue weighted by Gasteiger charge is -1.80. The predicted octanol–water partition coefficient (Wildman–Crippen LogP) is 1.15. The van der Waals surface area contributed by atoms with Gasteiger partial charge in [-0.05, 0) is 0 Å². The molecule has 0 aliphatic carbocycles. The standard InChI is InChI=1S/C4H10N4/c1-5-7-3-4-8-6-2/h3-4H2,1-2H3. The quantitative estimate of drug-likeness (QED) is 0.390. The molecule has 46 valence electrons. The van der Waals surface area contributed by atoms with Crippen molar-refractivity contribution in [1.29, 1.82) is 0 Å². The van der Waals surface area contributed by atoms with Crippen LogP contribution >= 0.6 is 0 Å². The highest BCUT2D eigenvalue weighted by atomic mass is 15.1. The zero-order valence-electron chi connectivity index (χ0n) is 5.20. The largest absolute Gasteiger partial charge is 0.198 e. The van der Waals surface area contributed by atoms with E-state index < -0.39 is 0 Å². The maximum absolute atomic E-state index is 3.68. The van der Waals surface area contributed by atoms with E-state index in [0.717, 1.165) is 0 Å². The maximum atomic E-state index is 3.68. The molecule has 0 aromatic carbocycles. The Balaban J connectivity index is 2.93. The van der Waals surface area contributed by atoms with Crippen molar-refractivity contribution in [2.24, 2.45) is 20.5 Å². The fourth-order valence-corrected chi connectivity index (χ4v) is 0.289. The molecule has 0 rings (SSSR count). The zero-order chi connectivity index (χ0) is 6.24. The van der Waals surface area contributed by atoms with Crippen molar-refractivity contribution in [2.45, 2.75) is 0 Å². The summed E-state index contributed by atoms with van der Waals surface area (Å²) >= 11 is 0. The van der Waals surface area contributed by atoms with Crippen LogP contribution in [0, 0.1) is 0 Å². The second-order valence-corrected chi connectivity index (χ2v) is 1.13. The maximum Gasteiger partial charge on any atom is 0.0812 e. The molecule has 0 saturated carbocycles. The summed E-state index contributed by atoms with van der Waals surface area (Å²) in [5, 5.41) is 14.4. The fraction of sp³-hybridized carbons (Fsp3) is 1.00. The molecule has 0 saturated heterocycles. The Kier molecular flexibility index (Phi) is 5.58. The molecule has 0 bridgehead atoms. The molecule has 4 heteroatoms. The van der Waals surface area contributed by atoms with Gasteiger partial charge in [0.25, 0.3) is 0 Å². The molecule has 0 fully saturated rings. The monoisotopic (exact) mass is 114 g/mol. The first-order chi connectivity index (χ1) is 3.91. The molecule has 0 aromatic rings. The lowest BCUT2D eigenvalue weighted by molar-refractivity contribution is 0.849. The summed E-state index contributed by atoms with van der Waals surface area (Å²) in [6.07, 6.45) is 0. The van der Waals surface area contributed by atoms with E-state index in [0.29, 0.717) is 13.1 Å². The molecule has 0 N–H and O–H groups in total. The lowest BCUT2D eigenvalue weighted by atomic mass is 10.7. The van der Waals surface area contributed by atoms with Gasteiger partial charge in [0.15, 0.2) is 0 Å². The minimum absolute atomic E-state index is 0.647. The Morgan fingerprint density at radius 3 is 1.50 bits per heavy atom. The lowest BCUT2D eigenvalue weighted by Crippen LogP contribution is -1.81. The third-order valence-corrected chi connectivity index (χ3v) is 0.583. The van der Waals surface area contributed by atoms with Gasteiger partial charge in [0.05, 0.1) is 13.1 Å². The molecule has 0 radical (unpaired) electrons. The molecule has 0 aliphatic rings. The first-order valence-electron chi connectivity index (χ1n) is 2.43. The first-order valence-corrected chi connectivity index (χ1v) is 2.43. The Hall–Kier alpha value is -0.800. The topological polar surface area (TPSA) is 49.4 Å². The minimum atomic E-state index is 0.647. The Bertz CT molecular complexity index is 74.0. The van der Waals surface area contributed by atoms with Gasteiger partial charge >= 0.3 is 0 Å². The molecule has 0 atom stereocenters. The molecule has 4 nitrogen and oxygen atoms in total. The zero-order valence-corrected chi connectivity index (χ0v) is 5.20. The van der Waals surface area contributed by atoms with Crippen molar-refractivity contribution >= 4 is 0 Å². The molecular formula is C4H10N4. The summed E-state index contributed by atoms with van der Waals surface area (Å²) in [4.78, 5) is 0. The average molecular weight is 114 g/mol. The van der Waals surface area contributed by atoms with Gasteiger partial charge in [0.2, 0.25) is 0 Å². The fourth-order valence-electron chi connectivity index (χ4n) is 0.289. The van der Waals surface area contributed by atoms with Crippen molar-refractivity contribution in [2.75, 3.05) is 27.2 Å². The Morgan fingerprint density at radius 1 is 0.875 bits per heavy atom. The van der Waals surface area contributed by atoms with Crippen molar-refractivity contribution in [1.82, 2.24) is 0 Å². The SMILES string of the molecule is CN=NCCN=NC. The Morgan fingerprint density at radius 2 is 1.25 bits per heavy atom. The van der Waals surface area contributed by atoms with Crippen LogP contribution in [0.1, 0.15) is 0 Å². The van der Waals surface area contributed by atoms with Gasteiger partial charge in [0.1, 0.15) is 0 Å². The highest BCUT2D eigenvalue weighted by Crippen LogP contribution is 1.74. The molecule has 0 heterocycles. The van der Waals surface area contributed by atoms with Crippen LogP contribution in [-0.2, 0) is 0 Å². The number of rotatable bonds is 3. The number of nitrogens with zero attached hydrogens (tertiary/aromatic N) is 4. The third-order valence-electron chi connectivity index (χ3n) is 0.583. The second kappa shape index (κ2) is 6.20. The van der Waals surface area contributed by atoms with Crippen LogP contribution in [0.15, 0.2) is 20.5 Å². The van der Waals surface area contributed by atoms with Crippen LogP contribution in [-0.4, -0.2) is 27.2 Å². The van der Waals surface area contributed by atoms with E-state index in [4.69, 9.17) is 0 Å². The molecule has 0 aromatic heterocycles. The van der Waals surface area contributed by atoms with Crippen LogP contribution < -0.4 is 0 Å². The van der Waals surface area contributed by atoms with Crippen LogP contribution in [0.3, 0.4) is 0 Å². The van der Waals surface area contributed by atoms with Gasteiger partial charge in [-0.1, -0.05) is 0 Å². The smallest absolute Gasteiger partial charge is 0.0812 e. The first kappa shape index (κ1) is 7.20.